The molecule has 100 valence electrons. The SMILES string of the molecule is CCCc1cc(CO)cc(OC2CCCCC2)n1. The highest BCUT2D eigenvalue weighted by Gasteiger charge is 2.16. The van der Waals surface area contributed by atoms with E-state index in [1.807, 2.05) is 12.1 Å². The molecular formula is C15H23NO2. The van der Waals surface area contributed by atoms with Gasteiger partial charge < -0.3 is 9.84 Å². The Morgan fingerprint density at radius 3 is 2.72 bits per heavy atom. The molecule has 0 atom stereocenters. The summed E-state index contributed by atoms with van der Waals surface area (Å²) in [4.78, 5) is 4.53. The van der Waals surface area contributed by atoms with Crippen molar-refractivity contribution in [1.82, 2.24) is 4.98 Å². The average molecular weight is 249 g/mol. The van der Waals surface area contributed by atoms with E-state index in [1.54, 1.807) is 0 Å². The first-order chi connectivity index (χ1) is 8.81. The minimum absolute atomic E-state index is 0.0558. The molecule has 1 aliphatic rings. The van der Waals surface area contributed by atoms with Crippen LogP contribution in [0.5, 0.6) is 5.88 Å². The van der Waals surface area contributed by atoms with Gasteiger partial charge in [0.25, 0.3) is 0 Å². The predicted molar refractivity (Wildman–Crippen MR) is 71.7 cm³/mol. The molecule has 0 amide bonds. The van der Waals surface area contributed by atoms with Gasteiger partial charge in [-0.1, -0.05) is 19.8 Å². The molecule has 1 aromatic heterocycles. The second-order valence-electron chi connectivity index (χ2n) is 5.09. The summed E-state index contributed by atoms with van der Waals surface area (Å²) in [6.45, 7) is 2.19. The van der Waals surface area contributed by atoms with Gasteiger partial charge in [-0.05, 0) is 43.7 Å². The fourth-order valence-corrected chi connectivity index (χ4v) is 2.51. The zero-order valence-corrected chi connectivity index (χ0v) is 11.2. The number of pyridine rings is 1. The maximum atomic E-state index is 9.28. The first-order valence-corrected chi connectivity index (χ1v) is 7.09. The Kier molecular flexibility index (Phi) is 5.00. The van der Waals surface area contributed by atoms with Crippen LogP contribution >= 0.6 is 0 Å². The van der Waals surface area contributed by atoms with E-state index in [9.17, 15) is 5.11 Å². The van der Waals surface area contributed by atoms with Crippen LogP contribution in [0.1, 0.15) is 56.7 Å². The first-order valence-electron chi connectivity index (χ1n) is 7.09. The van der Waals surface area contributed by atoms with Gasteiger partial charge in [-0.25, -0.2) is 4.98 Å². The van der Waals surface area contributed by atoms with Gasteiger partial charge in [0.2, 0.25) is 5.88 Å². The molecule has 0 radical (unpaired) electrons. The number of aromatic nitrogens is 1. The summed E-state index contributed by atoms with van der Waals surface area (Å²) in [6.07, 6.45) is 8.42. The monoisotopic (exact) mass is 249 g/mol. The van der Waals surface area contributed by atoms with Crippen molar-refractivity contribution in [2.24, 2.45) is 0 Å². The lowest BCUT2D eigenvalue weighted by atomic mass is 9.98. The Morgan fingerprint density at radius 1 is 1.28 bits per heavy atom. The molecule has 3 nitrogen and oxygen atoms in total. The van der Waals surface area contributed by atoms with Crippen LogP contribution in [-0.2, 0) is 13.0 Å². The Hall–Kier alpha value is -1.09. The molecule has 1 fully saturated rings. The van der Waals surface area contributed by atoms with E-state index < -0.39 is 0 Å². The van der Waals surface area contributed by atoms with Crippen molar-refractivity contribution in [3.8, 4) is 5.88 Å². The molecule has 0 bridgehead atoms. The number of rotatable bonds is 5. The number of hydrogen-bond acceptors (Lipinski definition) is 3. The van der Waals surface area contributed by atoms with Crippen LogP contribution in [0.2, 0.25) is 0 Å². The smallest absolute Gasteiger partial charge is 0.214 e. The molecule has 0 spiro atoms. The van der Waals surface area contributed by atoms with Crippen LogP contribution in [0.25, 0.3) is 0 Å². The van der Waals surface area contributed by atoms with E-state index in [0.29, 0.717) is 12.0 Å². The van der Waals surface area contributed by atoms with E-state index in [1.165, 1.54) is 19.3 Å². The molecular weight excluding hydrogens is 226 g/mol. The van der Waals surface area contributed by atoms with Crippen LogP contribution in [0, 0.1) is 0 Å². The maximum Gasteiger partial charge on any atom is 0.214 e. The standard InChI is InChI=1S/C15H23NO2/c1-2-6-13-9-12(11-17)10-15(16-13)18-14-7-4-3-5-8-14/h9-10,14,17H,2-8,11H2,1H3. The summed E-state index contributed by atoms with van der Waals surface area (Å²) in [6, 6.07) is 3.84. The topological polar surface area (TPSA) is 42.4 Å². The molecule has 1 N–H and O–H groups in total. The second kappa shape index (κ2) is 6.74. The quantitative estimate of drug-likeness (QED) is 0.871. The van der Waals surface area contributed by atoms with Crippen molar-refractivity contribution in [2.45, 2.75) is 64.6 Å². The molecule has 18 heavy (non-hydrogen) atoms. The molecule has 1 saturated carbocycles. The average Bonchev–Trinajstić information content (AvgIpc) is 2.40. The third-order valence-corrected chi connectivity index (χ3v) is 3.44. The Bertz CT molecular complexity index is 373. The Labute approximate surface area is 109 Å². The highest BCUT2D eigenvalue weighted by Crippen LogP contribution is 2.23. The summed E-state index contributed by atoms with van der Waals surface area (Å²) in [5, 5.41) is 9.28. The predicted octanol–water partition coefficient (Wildman–Crippen LogP) is 3.24. The van der Waals surface area contributed by atoms with Crippen LogP contribution in [0.4, 0.5) is 0 Å². The molecule has 0 unspecified atom stereocenters. The fourth-order valence-electron chi connectivity index (χ4n) is 2.51. The highest BCUT2D eigenvalue weighted by molar-refractivity contribution is 5.25. The summed E-state index contributed by atoms with van der Waals surface area (Å²) in [5.41, 5.74) is 1.93. The van der Waals surface area contributed by atoms with Gasteiger partial charge in [-0.2, -0.15) is 0 Å². The van der Waals surface area contributed by atoms with Crippen molar-refractivity contribution in [1.29, 1.82) is 0 Å². The van der Waals surface area contributed by atoms with Crippen molar-refractivity contribution in [3.05, 3.63) is 23.4 Å². The lowest BCUT2D eigenvalue weighted by Crippen LogP contribution is -2.20. The fraction of sp³-hybridized carbons (Fsp3) is 0.667. The number of aryl methyl sites for hydroxylation is 1. The van der Waals surface area contributed by atoms with Gasteiger partial charge in [0.15, 0.2) is 0 Å². The van der Waals surface area contributed by atoms with E-state index >= 15 is 0 Å². The molecule has 0 saturated heterocycles. The van der Waals surface area contributed by atoms with Crippen molar-refractivity contribution < 1.29 is 9.84 Å². The molecule has 1 aliphatic carbocycles. The van der Waals surface area contributed by atoms with Gasteiger partial charge in [0.1, 0.15) is 6.10 Å². The molecule has 0 aromatic carbocycles. The third kappa shape index (κ3) is 3.70. The number of ether oxygens (including phenoxy) is 1. The summed E-state index contributed by atoms with van der Waals surface area (Å²) in [5.74, 6) is 0.692. The first kappa shape index (κ1) is 13.3. The zero-order chi connectivity index (χ0) is 12.8. The van der Waals surface area contributed by atoms with Crippen LogP contribution in [0.3, 0.4) is 0 Å². The number of aliphatic hydroxyl groups excluding tert-OH is 1. The van der Waals surface area contributed by atoms with Crippen LogP contribution < -0.4 is 4.74 Å². The number of hydrogen-bond donors (Lipinski definition) is 1. The second-order valence-corrected chi connectivity index (χ2v) is 5.09. The normalized spacial score (nSPS) is 16.8. The minimum Gasteiger partial charge on any atom is -0.474 e. The van der Waals surface area contributed by atoms with Gasteiger partial charge >= 0.3 is 0 Å². The Balaban J connectivity index is 2.07. The van der Waals surface area contributed by atoms with E-state index in [2.05, 4.69) is 11.9 Å². The molecule has 1 aromatic rings. The lowest BCUT2D eigenvalue weighted by Gasteiger charge is -2.22. The molecule has 0 aliphatic heterocycles. The zero-order valence-electron chi connectivity index (χ0n) is 11.2. The van der Waals surface area contributed by atoms with Crippen molar-refractivity contribution >= 4 is 0 Å². The molecule has 3 heteroatoms. The maximum absolute atomic E-state index is 9.28. The molecule has 1 heterocycles. The van der Waals surface area contributed by atoms with Crippen LogP contribution in [-0.4, -0.2) is 16.2 Å². The third-order valence-electron chi connectivity index (χ3n) is 3.44. The van der Waals surface area contributed by atoms with Crippen LogP contribution in [0.15, 0.2) is 12.1 Å². The number of aliphatic hydroxyl groups is 1. The van der Waals surface area contributed by atoms with Crippen molar-refractivity contribution in [2.75, 3.05) is 0 Å². The van der Waals surface area contributed by atoms with Gasteiger partial charge in [-0.15, -0.1) is 0 Å². The van der Waals surface area contributed by atoms with Gasteiger partial charge in [-0.3, -0.25) is 0 Å². The summed E-state index contributed by atoms with van der Waals surface area (Å²) < 4.78 is 5.96. The van der Waals surface area contributed by atoms with E-state index in [4.69, 9.17) is 4.74 Å². The van der Waals surface area contributed by atoms with E-state index in [-0.39, 0.29) is 6.61 Å². The van der Waals surface area contributed by atoms with Gasteiger partial charge in [0.05, 0.1) is 6.61 Å². The molecule has 2 rings (SSSR count). The lowest BCUT2D eigenvalue weighted by molar-refractivity contribution is 0.148. The minimum atomic E-state index is 0.0558. The highest BCUT2D eigenvalue weighted by atomic mass is 16.5. The summed E-state index contributed by atoms with van der Waals surface area (Å²) in [7, 11) is 0. The van der Waals surface area contributed by atoms with E-state index in [0.717, 1.165) is 36.9 Å². The van der Waals surface area contributed by atoms with Crippen molar-refractivity contribution in [3.63, 3.8) is 0 Å². The largest absolute Gasteiger partial charge is 0.474 e. The number of nitrogens with zero attached hydrogens (tertiary/aromatic N) is 1. The summed E-state index contributed by atoms with van der Waals surface area (Å²) >= 11 is 0. The van der Waals surface area contributed by atoms with Gasteiger partial charge in [0, 0.05) is 11.8 Å². The Morgan fingerprint density at radius 2 is 2.06 bits per heavy atom.